The normalized spacial score (nSPS) is 45.0. The van der Waals surface area contributed by atoms with Gasteiger partial charge in [0, 0.05) is 6.04 Å². The van der Waals surface area contributed by atoms with Crippen molar-refractivity contribution >= 4 is 0 Å². The molecule has 1 heteroatoms. The third-order valence-electron chi connectivity index (χ3n) is 2.42. The molecule has 1 fully saturated rings. The fraction of sp³-hybridized carbons (Fsp3) is 1.00. The van der Waals surface area contributed by atoms with Gasteiger partial charge >= 0.3 is 0 Å². The van der Waals surface area contributed by atoms with Crippen molar-refractivity contribution in [1.29, 1.82) is 0 Å². The maximum Gasteiger partial charge on any atom is 0.00645 e. The zero-order chi connectivity index (χ0) is 6.85. The summed E-state index contributed by atoms with van der Waals surface area (Å²) in [6.45, 7) is 8.13. The lowest BCUT2D eigenvalue weighted by atomic mass is 9.88. The Balaban J connectivity index is 2.35. The highest BCUT2D eigenvalue weighted by Crippen LogP contribution is 2.19. The summed E-state index contributed by atoms with van der Waals surface area (Å²) in [5, 5.41) is 3.48. The Labute approximate surface area is 57.8 Å². The molecule has 1 N–H and O–H groups in total. The van der Waals surface area contributed by atoms with Crippen LogP contribution in [-0.2, 0) is 0 Å². The molecule has 0 aromatic carbocycles. The molecule has 54 valence electrons. The molecular formula is C8H17N. The summed E-state index contributed by atoms with van der Waals surface area (Å²) in [6, 6.07) is 0.737. The fourth-order valence-corrected chi connectivity index (χ4v) is 1.51. The van der Waals surface area contributed by atoms with Crippen molar-refractivity contribution in [2.24, 2.45) is 11.8 Å². The Morgan fingerprint density at radius 1 is 1.22 bits per heavy atom. The van der Waals surface area contributed by atoms with Crippen molar-refractivity contribution in [2.75, 3.05) is 6.54 Å². The van der Waals surface area contributed by atoms with E-state index in [4.69, 9.17) is 0 Å². The quantitative estimate of drug-likeness (QED) is 0.521. The molecule has 0 aromatic heterocycles. The van der Waals surface area contributed by atoms with Gasteiger partial charge in [0.25, 0.3) is 0 Å². The van der Waals surface area contributed by atoms with E-state index in [0.29, 0.717) is 0 Å². The van der Waals surface area contributed by atoms with Gasteiger partial charge in [-0.3, -0.25) is 0 Å². The smallest absolute Gasteiger partial charge is 0.00645 e. The van der Waals surface area contributed by atoms with E-state index in [1.807, 2.05) is 0 Å². The van der Waals surface area contributed by atoms with Gasteiger partial charge in [0.05, 0.1) is 0 Å². The Bertz CT molecular complexity index is 90.6. The molecular weight excluding hydrogens is 110 g/mol. The highest BCUT2D eigenvalue weighted by molar-refractivity contribution is 4.77. The van der Waals surface area contributed by atoms with Crippen LogP contribution in [0.2, 0.25) is 0 Å². The van der Waals surface area contributed by atoms with E-state index in [0.717, 1.165) is 17.9 Å². The van der Waals surface area contributed by atoms with E-state index in [1.165, 1.54) is 13.0 Å². The molecule has 0 aliphatic carbocycles. The summed E-state index contributed by atoms with van der Waals surface area (Å²) in [4.78, 5) is 0. The first kappa shape index (κ1) is 7.07. The van der Waals surface area contributed by atoms with Gasteiger partial charge in [-0.15, -0.1) is 0 Å². The van der Waals surface area contributed by atoms with Crippen LogP contribution >= 0.6 is 0 Å². The number of piperidine rings is 1. The van der Waals surface area contributed by atoms with Crippen LogP contribution in [0.5, 0.6) is 0 Å². The van der Waals surface area contributed by atoms with E-state index in [9.17, 15) is 0 Å². The minimum absolute atomic E-state index is 0.737. The minimum Gasteiger partial charge on any atom is -0.314 e. The van der Waals surface area contributed by atoms with Crippen LogP contribution in [-0.4, -0.2) is 12.6 Å². The first-order valence-corrected chi connectivity index (χ1v) is 3.93. The molecule has 1 rings (SSSR count). The summed E-state index contributed by atoms with van der Waals surface area (Å²) in [5.74, 6) is 1.75. The van der Waals surface area contributed by atoms with E-state index in [1.54, 1.807) is 0 Å². The lowest BCUT2D eigenvalue weighted by Crippen LogP contribution is -2.41. The predicted octanol–water partition coefficient (Wildman–Crippen LogP) is 1.64. The molecule has 1 nitrogen and oxygen atoms in total. The summed E-state index contributed by atoms with van der Waals surface area (Å²) < 4.78 is 0. The number of nitrogens with one attached hydrogen (secondary N) is 1. The maximum absolute atomic E-state index is 3.48. The molecule has 1 saturated heterocycles. The van der Waals surface area contributed by atoms with Gasteiger partial charge in [-0.2, -0.15) is 0 Å². The van der Waals surface area contributed by atoms with Crippen molar-refractivity contribution in [3.05, 3.63) is 0 Å². The number of rotatable bonds is 0. The summed E-state index contributed by atoms with van der Waals surface area (Å²) in [5.41, 5.74) is 0. The second-order valence-electron chi connectivity index (χ2n) is 3.52. The third kappa shape index (κ3) is 1.68. The van der Waals surface area contributed by atoms with Crippen molar-refractivity contribution in [3.63, 3.8) is 0 Å². The van der Waals surface area contributed by atoms with Gasteiger partial charge in [0.15, 0.2) is 0 Å². The standard InChI is InChI=1S/C8H17N/c1-6-4-7(2)8(3)9-5-6/h6-9H,4-5H2,1-3H3. The van der Waals surface area contributed by atoms with Crippen LogP contribution in [0.4, 0.5) is 0 Å². The number of hydrogen-bond donors (Lipinski definition) is 1. The number of hydrogen-bond acceptors (Lipinski definition) is 1. The van der Waals surface area contributed by atoms with E-state index in [-0.39, 0.29) is 0 Å². The molecule has 1 heterocycles. The molecule has 0 amide bonds. The summed E-state index contributed by atoms with van der Waals surface area (Å²) >= 11 is 0. The zero-order valence-electron chi connectivity index (χ0n) is 6.65. The van der Waals surface area contributed by atoms with Gasteiger partial charge in [-0.1, -0.05) is 13.8 Å². The van der Waals surface area contributed by atoms with Gasteiger partial charge in [-0.25, -0.2) is 0 Å². The van der Waals surface area contributed by atoms with Crippen LogP contribution < -0.4 is 5.32 Å². The van der Waals surface area contributed by atoms with Crippen molar-refractivity contribution in [3.8, 4) is 0 Å². The zero-order valence-corrected chi connectivity index (χ0v) is 6.65. The van der Waals surface area contributed by atoms with Crippen LogP contribution in [0.3, 0.4) is 0 Å². The monoisotopic (exact) mass is 127 g/mol. The Morgan fingerprint density at radius 3 is 2.33 bits per heavy atom. The van der Waals surface area contributed by atoms with Crippen LogP contribution in [0.25, 0.3) is 0 Å². The largest absolute Gasteiger partial charge is 0.314 e. The van der Waals surface area contributed by atoms with Gasteiger partial charge in [0.1, 0.15) is 0 Å². The molecule has 1 aliphatic rings. The third-order valence-corrected chi connectivity index (χ3v) is 2.42. The van der Waals surface area contributed by atoms with Gasteiger partial charge in [0.2, 0.25) is 0 Å². The molecule has 0 aromatic rings. The van der Waals surface area contributed by atoms with Crippen molar-refractivity contribution in [2.45, 2.75) is 33.2 Å². The molecule has 0 bridgehead atoms. The first-order valence-electron chi connectivity index (χ1n) is 3.93. The van der Waals surface area contributed by atoms with Crippen molar-refractivity contribution in [1.82, 2.24) is 5.32 Å². The Hall–Kier alpha value is -0.0400. The molecule has 3 atom stereocenters. The van der Waals surface area contributed by atoms with Crippen LogP contribution in [0, 0.1) is 11.8 Å². The van der Waals surface area contributed by atoms with Crippen LogP contribution in [0.15, 0.2) is 0 Å². The molecule has 9 heavy (non-hydrogen) atoms. The van der Waals surface area contributed by atoms with Crippen molar-refractivity contribution < 1.29 is 0 Å². The highest BCUT2D eigenvalue weighted by atomic mass is 14.9. The molecule has 0 radical (unpaired) electrons. The summed E-state index contributed by atoms with van der Waals surface area (Å²) in [6.07, 6.45) is 1.40. The topological polar surface area (TPSA) is 12.0 Å². The van der Waals surface area contributed by atoms with Gasteiger partial charge < -0.3 is 5.32 Å². The average Bonchev–Trinajstić information content (AvgIpc) is 1.80. The summed E-state index contributed by atoms with van der Waals surface area (Å²) in [7, 11) is 0. The molecule has 0 saturated carbocycles. The second-order valence-corrected chi connectivity index (χ2v) is 3.52. The van der Waals surface area contributed by atoms with E-state index >= 15 is 0 Å². The van der Waals surface area contributed by atoms with E-state index in [2.05, 4.69) is 26.1 Å². The maximum atomic E-state index is 3.48. The minimum atomic E-state index is 0.737. The SMILES string of the molecule is CC1CNC(C)C(C)C1. The Morgan fingerprint density at radius 2 is 1.89 bits per heavy atom. The average molecular weight is 127 g/mol. The second kappa shape index (κ2) is 2.70. The lowest BCUT2D eigenvalue weighted by Gasteiger charge is -2.31. The van der Waals surface area contributed by atoms with E-state index < -0.39 is 0 Å². The highest BCUT2D eigenvalue weighted by Gasteiger charge is 2.20. The van der Waals surface area contributed by atoms with Gasteiger partial charge in [-0.05, 0) is 31.7 Å². The lowest BCUT2D eigenvalue weighted by molar-refractivity contribution is 0.257. The molecule has 0 spiro atoms. The predicted molar refractivity (Wildman–Crippen MR) is 40.4 cm³/mol. The molecule has 3 unspecified atom stereocenters. The Kier molecular flexibility index (Phi) is 2.12. The first-order chi connectivity index (χ1) is 4.20. The fourth-order valence-electron chi connectivity index (χ4n) is 1.51. The molecule has 1 aliphatic heterocycles. The van der Waals surface area contributed by atoms with Crippen LogP contribution in [0.1, 0.15) is 27.2 Å².